The minimum atomic E-state index is -0.573. The van der Waals surface area contributed by atoms with Crippen LogP contribution in [0.1, 0.15) is 40.0 Å². The van der Waals surface area contributed by atoms with E-state index in [9.17, 15) is 5.11 Å². The summed E-state index contributed by atoms with van der Waals surface area (Å²) in [5.74, 6) is 0. The maximum absolute atomic E-state index is 10.3. The molecule has 3 atom stereocenters. The summed E-state index contributed by atoms with van der Waals surface area (Å²) in [5, 5.41) is 10.3. The molecule has 1 rings (SSSR count). The van der Waals surface area contributed by atoms with Crippen molar-refractivity contribution in [3.8, 4) is 0 Å². The fraction of sp³-hybridized carbons (Fsp3) is 1.00. The van der Waals surface area contributed by atoms with Crippen molar-refractivity contribution in [2.75, 3.05) is 13.6 Å². The molecule has 0 amide bonds. The Morgan fingerprint density at radius 3 is 2.36 bits per heavy atom. The zero-order valence-corrected chi connectivity index (χ0v) is 9.88. The first-order valence-electron chi connectivity index (χ1n) is 5.49. The van der Waals surface area contributed by atoms with E-state index in [0.717, 1.165) is 25.8 Å². The predicted molar refractivity (Wildman–Crippen MR) is 59.2 cm³/mol. The number of hydrogen-bond acceptors (Lipinski definition) is 3. The van der Waals surface area contributed by atoms with E-state index in [1.54, 1.807) is 0 Å². The van der Waals surface area contributed by atoms with Crippen molar-refractivity contribution < 1.29 is 5.11 Å². The Balaban J connectivity index is 2.73. The molecule has 3 N–H and O–H groups in total. The van der Waals surface area contributed by atoms with Gasteiger partial charge in [0.05, 0.1) is 5.60 Å². The minimum Gasteiger partial charge on any atom is -0.388 e. The number of hydrogen-bond donors (Lipinski definition) is 2. The van der Waals surface area contributed by atoms with E-state index in [4.69, 9.17) is 5.73 Å². The predicted octanol–water partition coefficient (Wildman–Crippen LogP) is 0.959. The second-order valence-corrected chi connectivity index (χ2v) is 5.26. The van der Waals surface area contributed by atoms with Gasteiger partial charge in [-0.3, -0.25) is 4.90 Å². The van der Waals surface area contributed by atoms with Gasteiger partial charge in [0.15, 0.2) is 0 Å². The first-order valence-corrected chi connectivity index (χ1v) is 5.49. The van der Waals surface area contributed by atoms with Gasteiger partial charge in [0.25, 0.3) is 0 Å². The molecule has 0 heterocycles. The molecule has 0 aromatic rings. The Morgan fingerprint density at radius 1 is 1.43 bits per heavy atom. The molecule has 1 saturated carbocycles. The summed E-state index contributed by atoms with van der Waals surface area (Å²) in [5.41, 5.74) is 5.10. The Morgan fingerprint density at radius 2 is 2.00 bits per heavy atom. The SMILES string of the molecule is CC(N)CN(C)C1(C)CCCC1(C)O. The van der Waals surface area contributed by atoms with Crippen LogP contribution in [-0.4, -0.2) is 40.8 Å². The zero-order chi connectivity index (χ0) is 11.0. The van der Waals surface area contributed by atoms with Gasteiger partial charge in [0.2, 0.25) is 0 Å². The van der Waals surface area contributed by atoms with Gasteiger partial charge in [-0.1, -0.05) is 0 Å². The summed E-state index contributed by atoms with van der Waals surface area (Å²) in [6, 6.07) is 0.160. The minimum absolute atomic E-state index is 0.110. The standard InChI is InChI=1S/C11H24N2O/c1-9(12)8-13(4)10(2)6-5-7-11(10,3)14/h9,14H,5-8,12H2,1-4H3. The molecular formula is C11H24N2O. The lowest BCUT2D eigenvalue weighted by molar-refractivity contribution is -0.0638. The van der Waals surface area contributed by atoms with Crippen LogP contribution in [0.25, 0.3) is 0 Å². The Kier molecular flexibility index (Phi) is 3.24. The van der Waals surface area contributed by atoms with E-state index in [1.807, 2.05) is 13.8 Å². The van der Waals surface area contributed by atoms with Crippen LogP contribution < -0.4 is 5.73 Å². The Labute approximate surface area is 87.3 Å². The molecular weight excluding hydrogens is 176 g/mol. The molecule has 0 radical (unpaired) electrons. The molecule has 1 aliphatic carbocycles. The summed E-state index contributed by atoms with van der Waals surface area (Å²) >= 11 is 0. The second kappa shape index (κ2) is 3.80. The molecule has 0 aromatic heterocycles. The first-order chi connectivity index (χ1) is 6.29. The molecule has 1 aliphatic rings. The van der Waals surface area contributed by atoms with Crippen LogP contribution in [0.4, 0.5) is 0 Å². The third kappa shape index (κ3) is 1.95. The topological polar surface area (TPSA) is 49.5 Å². The summed E-state index contributed by atoms with van der Waals surface area (Å²) in [6.07, 6.45) is 3.06. The van der Waals surface area contributed by atoms with Gasteiger partial charge in [-0.2, -0.15) is 0 Å². The molecule has 0 saturated heterocycles. The quantitative estimate of drug-likeness (QED) is 0.713. The van der Waals surface area contributed by atoms with E-state index < -0.39 is 5.60 Å². The summed E-state index contributed by atoms with van der Waals surface area (Å²) < 4.78 is 0. The molecule has 1 fully saturated rings. The smallest absolute Gasteiger partial charge is 0.0799 e. The van der Waals surface area contributed by atoms with Gasteiger partial charge < -0.3 is 10.8 Å². The van der Waals surface area contributed by atoms with E-state index >= 15 is 0 Å². The Hall–Kier alpha value is -0.120. The highest BCUT2D eigenvalue weighted by molar-refractivity contribution is 5.05. The molecule has 0 aliphatic heterocycles. The van der Waals surface area contributed by atoms with Crippen molar-refractivity contribution in [2.45, 2.75) is 57.2 Å². The number of aliphatic hydroxyl groups is 1. The highest BCUT2D eigenvalue weighted by atomic mass is 16.3. The van der Waals surface area contributed by atoms with Crippen molar-refractivity contribution >= 4 is 0 Å². The third-order valence-electron chi connectivity index (χ3n) is 3.89. The normalized spacial score (nSPS) is 40.5. The van der Waals surface area contributed by atoms with E-state index in [2.05, 4.69) is 18.9 Å². The van der Waals surface area contributed by atoms with Crippen LogP contribution >= 0.6 is 0 Å². The van der Waals surface area contributed by atoms with Crippen LogP contribution in [0.15, 0.2) is 0 Å². The molecule has 3 nitrogen and oxygen atoms in total. The van der Waals surface area contributed by atoms with Crippen LogP contribution in [0.3, 0.4) is 0 Å². The highest BCUT2D eigenvalue weighted by Gasteiger charge is 2.49. The molecule has 84 valence electrons. The van der Waals surface area contributed by atoms with E-state index in [1.165, 1.54) is 0 Å². The lowest BCUT2D eigenvalue weighted by Gasteiger charge is -2.45. The van der Waals surface area contributed by atoms with Crippen molar-refractivity contribution in [1.29, 1.82) is 0 Å². The highest BCUT2D eigenvalue weighted by Crippen LogP contribution is 2.42. The maximum atomic E-state index is 10.3. The zero-order valence-electron chi connectivity index (χ0n) is 9.88. The first kappa shape index (κ1) is 12.0. The summed E-state index contributed by atoms with van der Waals surface area (Å²) in [4.78, 5) is 2.21. The van der Waals surface area contributed by atoms with Crippen LogP contribution in [-0.2, 0) is 0 Å². The van der Waals surface area contributed by atoms with Gasteiger partial charge in [0.1, 0.15) is 0 Å². The molecule has 3 unspecified atom stereocenters. The van der Waals surface area contributed by atoms with Crippen molar-refractivity contribution in [2.24, 2.45) is 5.73 Å². The summed E-state index contributed by atoms with van der Waals surface area (Å²) in [6.45, 7) is 6.93. The number of nitrogens with zero attached hydrogens (tertiary/aromatic N) is 1. The lowest BCUT2D eigenvalue weighted by atomic mass is 9.84. The van der Waals surface area contributed by atoms with Crippen LogP contribution in [0.2, 0.25) is 0 Å². The van der Waals surface area contributed by atoms with Crippen molar-refractivity contribution in [3.63, 3.8) is 0 Å². The van der Waals surface area contributed by atoms with Crippen LogP contribution in [0.5, 0.6) is 0 Å². The molecule has 0 aromatic carbocycles. The van der Waals surface area contributed by atoms with Gasteiger partial charge in [0, 0.05) is 18.1 Å². The monoisotopic (exact) mass is 200 g/mol. The third-order valence-corrected chi connectivity index (χ3v) is 3.89. The van der Waals surface area contributed by atoms with E-state index in [0.29, 0.717) is 0 Å². The average molecular weight is 200 g/mol. The number of nitrogens with two attached hydrogens (primary N) is 1. The number of likely N-dealkylation sites (N-methyl/N-ethyl adjacent to an activating group) is 1. The molecule has 14 heavy (non-hydrogen) atoms. The largest absolute Gasteiger partial charge is 0.388 e. The van der Waals surface area contributed by atoms with Crippen molar-refractivity contribution in [3.05, 3.63) is 0 Å². The van der Waals surface area contributed by atoms with Gasteiger partial charge >= 0.3 is 0 Å². The average Bonchev–Trinajstić information content (AvgIpc) is 2.26. The fourth-order valence-corrected chi connectivity index (χ4v) is 2.55. The van der Waals surface area contributed by atoms with Crippen LogP contribution in [0, 0.1) is 0 Å². The maximum Gasteiger partial charge on any atom is 0.0799 e. The van der Waals surface area contributed by atoms with E-state index in [-0.39, 0.29) is 11.6 Å². The summed E-state index contributed by atoms with van der Waals surface area (Å²) in [7, 11) is 2.06. The number of rotatable bonds is 3. The second-order valence-electron chi connectivity index (χ2n) is 5.26. The van der Waals surface area contributed by atoms with Gasteiger partial charge in [-0.05, 0) is 47.1 Å². The molecule has 0 bridgehead atoms. The van der Waals surface area contributed by atoms with Gasteiger partial charge in [-0.15, -0.1) is 0 Å². The Bertz CT molecular complexity index is 203. The molecule has 0 spiro atoms. The van der Waals surface area contributed by atoms with Crippen molar-refractivity contribution in [1.82, 2.24) is 4.90 Å². The lowest BCUT2D eigenvalue weighted by Crippen LogP contribution is -2.58. The fourth-order valence-electron chi connectivity index (χ4n) is 2.55. The van der Waals surface area contributed by atoms with Gasteiger partial charge in [-0.25, -0.2) is 0 Å². The molecule has 3 heteroatoms.